The van der Waals surface area contributed by atoms with Gasteiger partial charge < -0.3 is 19.5 Å². The molecule has 0 fully saturated rings. The van der Waals surface area contributed by atoms with Crippen molar-refractivity contribution in [2.75, 3.05) is 26.1 Å². The van der Waals surface area contributed by atoms with Crippen LogP contribution in [-0.4, -0.2) is 32.7 Å². The highest BCUT2D eigenvalue weighted by Crippen LogP contribution is 2.29. The first-order valence-electron chi connectivity index (χ1n) is 8.26. The van der Waals surface area contributed by atoms with E-state index in [0.29, 0.717) is 17.2 Å². The van der Waals surface area contributed by atoms with E-state index >= 15 is 0 Å². The van der Waals surface area contributed by atoms with E-state index in [1.807, 2.05) is 31.4 Å². The summed E-state index contributed by atoms with van der Waals surface area (Å²) in [6, 6.07) is 8.50. The Morgan fingerprint density at radius 1 is 1.11 bits per heavy atom. The van der Waals surface area contributed by atoms with Crippen LogP contribution in [0.2, 0.25) is 0 Å². The van der Waals surface area contributed by atoms with Crippen LogP contribution >= 0.6 is 11.8 Å². The summed E-state index contributed by atoms with van der Waals surface area (Å²) in [5.41, 5.74) is 2.36. The van der Waals surface area contributed by atoms with E-state index in [9.17, 15) is 9.59 Å². The minimum atomic E-state index is -0.723. The van der Waals surface area contributed by atoms with Crippen LogP contribution in [-0.2, 0) is 9.53 Å². The zero-order chi connectivity index (χ0) is 20.7. The second-order valence-electron chi connectivity index (χ2n) is 5.79. The van der Waals surface area contributed by atoms with E-state index in [4.69, 9.17) is 19.5 Å². The summed E-state index contributed by atoms with van der Waals surface area (Å²) >= 11 is 1.05. The van der Waals surface area contributed by atoms with Crippen LogP contribution in [0.25, 0.3) is 0 Å². The first-order valence-corrected chi connectivity index (χ1v) is 9.08. The van der Waals surface area contributed by atoms with Gasteiger partial charge in [0.15, 0.2) is 6.61 Å². The van der Waals surface area contributed by atoms with E-state index in [1.54, 1.807) is 18.2 Å². The van der Waals surface area contributed by atoms with Gasteiger partial charge in [0, 0.05) is 10.6 Å². The van der Waals surface area contributed by atoms with Crippen LogP contribution in [0.4, 0.5) is 5.69 Å². The number of thioether (sulfide) groups is 1. The molecule has 2 rings (SSSR count). The Kier molecular flexibility index (Phi) is 7.29. The van der Waals surface area contributed by atoms with Gasteiger partial charge in [-0.3, -0.25) is 4.79 Å². The number of benzene rings is 2. The second kappa shape index (κ2) is 9.67. The number of anilines is 1. The molecule has 28 heavy (non-hydrogen) atoms. The molecule has 2 aromatic rings. The van der Waals surface area contributed by atoms with Crippen LogP contribution in [0.3, 0.4) is 0 Å². The molecule has 0 saturated heterocycles. The van der Waals surface area contributed by atoms with Gasteiger partial charge >= 0.3 is 5.97 Å². The van der Waals surface area contributed by atoms with Gasteiger partial charge in [0.25, 0.3) is 5.91 Å². The molecular weight excluding hydrogens is 380 g/mol. The van der Waals surface area contributed by atoms with Gasteiger partial charge in [-0.1, -0.05) is 6.07 Å². The van der Waals surface area contributed by atoms with Crippen molar-refractivity contribution in [3.8, 4) is 16.9 Å². The normalized spacial score (nSPS) is 9.96. The van der Waals surface area contributed by atoms with Crippen LogP contribution in [0.1, 0.15) is 21.5 Å². The zero-order valence-electron chi connectivity index (χ0n) is 16.0. The highest BCUT2D eigenvalue weighted by Gasteiger charge is 2.21. The maximum Gasteiger partial charge on any atom is 0.346 e. The van der Waals surface area contributed by atoms with Gasteiger partial charge in [-0.2, -0.15) is 5.26 Å². The van der Waals surface area contributed by atoms with Crippen LogP contribution in [0.15, 0.2) is 35.2 Å². The number of ether oxygens (including phenoxy) is 3. The lowest BCUT2D eigenvalue weighted by Crippen LogP contribution is -2.22. The minimum Gasteiger partial charge on any atom is -0.496 e. The molecule has 0 aliphatic heterocycles. The topological polar surface area (TPSA) is 97.7 Å². The lowest BCUT2D eigenvalue weighted by molar-refractivity contribution is -0.119. The Hall–Kier alpha value is -3.18. The summed E-state index contributed by atoms with van der Waals surface area (Å²) in [5, 5.41) is 13.5. The maximum absolute atomic E-state index is 12.4. The number of methoxy groups -OCH3 is 2. The van der Waals surface area contributed by atoms with Gasteiger partial charge in [0.05, 0.1) is 14.2 Å². The number of nitrogens with zero attached hydrogens (tertiary/aromatic N) is 1. The third-order valence-corrected chi connectivity index (χ3v) is 4.46. The fourth-order valence-corrected chi connectivity index (χ4v) is 3.24. The smallest absolute Gasteiger partial charge is 0.346 e. The number of carbonyl (C=O) groups excluding carboxylic acids is 2. The fourth-order valence-electron chi connectivity index (χ4n) is 2.66. The number of hydrogen-bond acceptors (Lipinski definition) is 7. The Morgan fingerprint density at radius 3 is 2.18 bits per heavy atom. The van der Waals surface area contributed by atoms with Gasteiger partial charge in [-0.25, -0.2) is 4.79 Å². The first kappa shape index (κ1) is 21.1. The van der Waals surface area contributed by atoms with Crippen molar-refractivity contribution in [2.45, 2.75) is 18.7 Å². The Morgan fingerprint density at radius 2 is 1.68 bits per heavy atom. The Balaban J connectivity index is 2.08. The lowest BCUT2D eigenvalue weighted by Gasteiger charge is -2.14. The molecule has 8 heteroatoms. The average Bonchev–Trinajstić information content (AvgIpc) is 2.68. The molecule has 0 aromatic heterocycles. The molecule has 146 valence electrons. The van der Waals surface area contributed by atoms with Crippen LogP contribution in [0.5, 0.6) is 11.5 Å². The molecule has 1 N–H and O–H groups in total. The lowest BCUT2D eigenvalue weighted by atomic mass is 10.1. The number of esters is 1. The molecular formula is C20H20N2O5S. The molecule has 0 aliphatic rings. The maximum atomic E-state index is 12.4. The number of carbonyl (C=O) groups is 2. The molecule has 0 aliphatic carbocycles. The van der Waals surface area contributed by atoms with Crippen molar-refractivity contribution in [2.24, 2.45) is 0 Å². The summed E-state index contributed by atoms with van der Waals surface area (Å²) in [7, 11) is 2.86. The molecule has 0 unspecified atom stereocenters. The molecule has 1 amide bonds. The third kappa shape index (κ3) is 4.96. The second-order valence-corrected chi connectivity index (χ2v) is 6.65. The van der Waals surface area contributed by atoms with Crippen molar-refractivity contribution < 1.29 is 23.8 Å². The molecule has 2 aromatic carbocycles. The van der Waals surface area contributed by atoms with Crippen LogP contribution < -0.4 is 14.8 Å². The van der Waals surface area contributed by atoms with Crippen molar-refractivity contribution in [1.82, 2.24) is 0 Å². The Bertz CT molecular complexity index is 891. The SMILES string of the molecule is COc1cccc(OC)c1C(=O)OCC(=O)Nc1c(C)cc(SC#N)cc1C. The highest BCUT2D eigenvalue weighted by atomic mass is 32.2. The predicted octanol–water partition coefficient (Wildman–Crippen LogP) is 3.69. The highest BCUT2D eigenvalue weighted by molar-refractivity contribution is 8.03. The van der Waals surface area contributed by atoms with E-state index < -0.39 is 18.5 Å². The largest absolute Gasteiger partial charge is 0.496 e. The van der Waals surface area contributed by atoms with E-state index in [0.717, 1.165) is 27.8 Å². The Labute approximate surface area is 167 Å². The summed E-state index contributed by atoms with van der Waals surface area (Å²) in [6.07, 6.45) is 0. The average molecular weight is 400 g/mol. The summed E-state index contributed by atoms with van der Waals surface area (Å²) < 4.78 is 15.5. The third-order valence-electron chi connectivity index (χ3n) is 3.90. The van der Waals surface area contributed by atoms with Crippen molar-refractivity contribution in [1.29, 1.82) is 5.26 Å². The minimum absolute atomic E-state index is 0.116. The first-order chi connectivity index (χ1) is 13.4. The van der Waals surface area contributed by atoms with E-state index in [1.165, 1.54) is 14.2 Å². The van der Waals surface area contributed by atoms with Gasteiger partial charge in [-0.05, 0) is 61.0 Å². The molecule has 0 atom stereocenters. The fraction of sp³-hybridized carbons (Fsp3) is 0.250. The number of thiocyanates is 1. The molecule has 0 heterocycles. The van der Waals surface area contributed by atoms with Crippen molar-refractivity contribution in [3.63, 3.8) is 0 Å². The quantitative estimate of drug-likeness (QED) is 0.430. The molecule has 0 bridgehead atoms. The molecule has 0 saturated carbocycles. The number of rotatable bonds is 7. The zero-order valence-corrected chi connectivity index (χ0v) is 16.8. The van der Waals surface area contributed by atoms with E-state index in [2.05, 4.69) is 5.32 Å². The van der Waals surface area contributed by atoms with Gasteiger partial charge in [0.2, 0.25) is 0 Å². The monoisotopic (exact) mass is 400 g/mol. The van der Waals surface area contributed by atoms with Crippen LogP contribution in [0, 0.1) is 24.5 Å². The number of nitrogens with one attached hydrogen (secondary N) is 1. The molecule has 0 spiro atoms. The van der Waals surface area contributed by atoms with Crippen molar-refractivity contribution in [3.05, 3.63) is 47.0 Å². The van der Waals surface area contributed by atoms with Gasteiger partial charge in [0.1, 0.15) is 22.5 Å². The predicted molar refractivity (Wildman–Crippen MR) is 106 cm³/mol. The molecule has 7 nitrogen and oxygen atoms in total. The summed E-state index contributed by atoms with van der Waals surface area (Å²) in [4.78, 5) is 25.5. The summed E-state index contributed by atoms with van der Waals surface area (Å²) in [6.45, 7) is 3.19. The number of amides is 1. The molecule has 0 radical (unpaired) electrons. The van der Waals surface area contributed by atoms with Gasteiger partial charge in [-0.15, -0.1) is 0 Å². The summed E-state index contributed by atoms with van der Waals surface area (Å²) in [5.74, 6) is -0.614. The van der Waals surface area contributed by atoms with Crippen molar-refractivity contribution >= 4 is 29.3 Å². The number of aryl methyl sites for hydroxylation is 2. The standard InChI is InChI=1S/C20H20N2O5S/c1-12-8-14(28-11-21)9-13(2)19(12)22-17(23)10-27-20(24)18-15(25-3)6-5-7-16(18)26-4/h5-9H,10H2,1-4H3,(H,22,23). The number of nitriles is 1. The van der Waals surface area contributed by atoms with E-state index in [-0.39, 0.29) is 5.56 Å². The number of hydrogen-bond donors (Lipinski definition) is 1.